The van der Waals surface area contributed by atoms with Crippen LogP contribution in [0.3, 0.4) is 0 Å². The molecule has 15 heavy (non-hydrogen) atoms. The van der Waals surface area contributed by atoms with Gasteiger partial charge in [-0.05, 0) is 38.8 Å². The van der Waals surface area contributed by atoms with E-state index in [1.807, 2.05) is 0 Å². The molecule has 1 N–H and O–H groups in total. The molecule has 0 aromatic heterocycles. The third-order valence-electron chi connectivity index (χ3n) is 3.41. The van der Waals surface area contributed by atoms with E-state index in [1.165, 1.54) is 6.42 Å². The second-order valence-corrected chi connectivity index (χ2v) is 4.58. The Labute approximate surface area is 90.2 Å². The highest BCUT2D eigenvalue weighted by Crippen LogP contribution is 2.20. The molecule has 1 unspecified atom stereocenters. The van der Waals surface area contributed by atoms with E-state index in [-0.39, 0.29) is 6.04 Å². The first-order valence-corrected chi connectivity index (χ1v) is 5.82. The van der Waals surface area contributed by atoms with Gasteiger partial charge in [-0.3, -0.25) is 9.69 Å². The van der Waals surface area contributed by atoms with Gasteiger partial charge in [0.25, 0.3) is 0 Å². The Balaban J connectivity index is 1.66. The Morgan fingerprint density at radius 1 is 1.47 bits per heavy atom. The van der Waals surface area contributed by atoms with Crippen molar-refractivity contribution in [2.45, 2.75) is 31.7 Å². The van der Waals surface area contributed by atoms with Crippen molar-refractivity contribution in [1.82, 2.24) is 4.90 Å². The van der Waals surface area contributed by atoms with Crippen LogP contribution >= 0.6 is 0 Å². The van der Waals surface area contributed by atoms with Crippen LogP contribution in [-0.2, 0) is 9.53 Å². The molecule has 2 fully saturated rings. The van der Waals surface area contributed by atoms with Crippen LogP contribution in [0.2, 0.25) is 0 Å². The summed E-state index contributed by atoms with van der Waals surface area (Å²) in [5, 5.41) is 8.99. The van der Waals surface area contributed by atoms with Gasteiger partial charge in [-0.2, -0.15) is 0 Å². The zero-order chi connectivity index (χ0) is 10.7. The molecular formula is C11H19NO3. The van der Waals surface area contributed by atoms with Crippen molar-refractivity contribution in [2.24, 2.45) is 5.92 Å². The van der Waals surface area contributed by atoms with Crippen LogP contribution in [0.25, 0.3) is 0 Å². The zero-order valence-electron chi connectivity index (χ0n) is 9.02. The second kappa shape index (κ2) is 4.94. The third kappa shape index (κ3) is 2.69. The maximum absolute atomic E-state index is 10.9. The van der Waals surface area contributed by atoms with Gasteiger partial charge in [0.1, 0.15) is 6.04 Å². The van der Waals surface area contributed by atoms with Crippen molar-refractivity contribution in [3.05, 3.63) is 0 Å². The van der Waals surface area contributed by atoms with Gasteiger partial charge in [0.2, 0.25) is 0 Å². The van der Waals surface area contributed by atoms with E-state index in [0.717, 1.165) is 51.5 Å². The lowest BCUT2D eigenvalue weighted by Gasteiger charge is -2.27. The Hall–Kier alpha value is -0.610. The highest BCUT2D eigenvalue weighted by atomic mass is 16.5. The molecule has 4 heteroatoms. The van der Waals surface area contributed by atoms with E-state index < -0.39 is 5.97 Å². The molecule has 2 saturated heterocycles. The minimum atomic E-state index is -0.653. The number of ether oxygens (including phenoxy) is 1. The lowest BCUT2D eigenvalue weighted by atomic mass is 10.0. The minimum Gasteiger partial charge on any atom is -0.480 e. The number of carboxylic acids is 1. The van der Waals surface area contributed by atoms with Gasteiger partial charge >= 0.3 is 5.97 Å². The molecule has 0 aromatic carbocycles. The topological polar surface area (TPSA) is 49.8 Å². The van der Waals surface area contributed by atoms with E-state index in [1.54, 1.807) is 0 Å². The largest absolute Gasteiger partial charge is 0.480 e. The summed E-state index contributed by atoms with van der Waals surface area (Å²) in [6.07, 6.45) is 4.14. The van der Waals surface area contributed by atoms with Gasteiger partial charge in [0, 0.05) is 5.92 Å². The van der Waals surface area contributed by atoms with E-state index in [9.17, 15) is 4.79 Å². The fourth-order valence-electron chi connectivity index (χ4n) is 2.41. The van der Waals surface area contributed by atoms with Crippen molar-refractivity contribution in [3.8, 4) is 0 Å². The van der Waals surface area contributed by atoms with Crippen LogP contribution in [0.5, 0.6) is 0 Å². The Bertz CT molecular complexity index is 228. The number of hydrogen-bond acceptors (Lipinski definition) is 3. The molecule has 0 radical (unpaired) electrons. The SMILES string of the molecule is O=C(O)C1CCCN1CCCC1COC1. The van der Waals surface area contributed by atoms with Crippen LogP contribution in [0.15, 0.2) is 0 Å². The van der Waals surface area contributed by atoms with E-state index in [4.69, 9.17) is 9.84 Å². The van der Waals surface area contributed by atoms with Crippen LogP contribution in [0, 0.1) is 5.92 Å². The number of hydrogen-bond donors (Lipinski definition) is 1. The second-order valence-electron chi connectivity index (χ2n) is 4.58. The fraction of sp³-hybridized carbons (Fsp3) is 0.909. The first-order valence-electron chi connectivity index (χ1n) is 5.82. The van der Waals surface area contributed by atoms with Crippen molar-refractivity contribution in [1.29, 1.82) is 0 Å². The molecule has 0 saturated carbocycles. The monoisotopic (exact) mass is 213 g/mol. The maximum Gasteiger partial charge on any atom is 0.320 e. The summed E-state index contributed by atoms with van der Waals surface area (Å²) in [4.78, 5) is 13.0. The normalized spacial score (nSPS) is 27.9. The molecule has 2 aliphatic heterocycles. The molecule has 0 amide bonds. The van der Waals surface area contributed by atoms with Crippen LogP contribution in [0.1, 0.15) is 25.7 Å². The van der Waals surface area contributed by atoms with Crippen molar-refractivity contribution in [3.63, 3.8) is 0 Å². The molecule has 2 rings (SSSR count). The van der Waals surface area contributed by atoms with Gasteiger partial charge in [0.15, 0.2) is 0 Å². The van der Waals surface area contributed by atoms with E-state index >= 15 is 0 Å². The average molecular weight is 213 g/mol. The lowest BCUT2D eigenvalue weighted by molar-refractivity contribution is -0.142. The predicted molar refractivity (Wildman–Crippen MR) is 55.8 cm³/mol. The molecule has 4 nitrogen and oxygen atoms in total. The summed E-state index contributed by atoms with van der Waals surface area (Å²) in [5.74, 6) is 0.0790. The lowest BCUT2D eigenvalue weighted by Crippen LogP contribution is -2.37. The number of rotatable bonds is 5. The summed E-state index contributed by atoms with van der Waals surface area (Å²) >= 11 is 0. The molecule has 2 aliphatic rings. The number of likely N-dealkylation sites (tertiary alicyclic amines) is 1. The molecule has 0 bridgehead atoms. The van der Waals surface area contributed by atoms with Crippen molar-refractivity contribution >= 4 is 5.97 Å². The Morgan fingerprint density at radius 3 is 2.87 bits per heavy atom. The van der Waals surface area contributed by atoms with Gasteiger partial charge in [-0.25, -0.2) is 0 Å². The van der Waals surface area contributed by atoms with E-state index in [0.29, 0.717) is 0 Å². The highest BCUT2D eigenvalue weighted by Gasteiger charge is 2.30. The maximum atomic E-state index is 10.9. The smallest absolute Gasteiger partial charge is 0.320 e. The third-order valence-corrected chi connectivity index (χ3v) is 3.41. The van der Waals surface area contributed by atoms with Gasteiger partial charge < -0.3 is 9.84 Å². The molecule has 0 aromatic rings. The standard InChI is InChI=1S/C11H19NO3/c13-11(14)10-4-2-6-12(10)5-1-3-9-7-15-8-9/h9-10H,1-8H2,(H,13,14). The van der Waals surface area contributed by atoms with Crippen LogP contribution in [-0.4, -0.2) is 48.3 Å². The van der Waals surface area contributed by atoms with Crippen molar-refractivity contribution < 1.29 is 14.6 Å². The number of aliphatic carboxylic acids is 1. The molecule has 1 atom stereocenters. The first kappa shape index (κ1) is 10.9. The van der Waals surface area contributed by atoms with Crippen molar-refractivity contribution in [2.75, 3.05) is 26.3 Å². The molecule has 0 spiro atoms. The molecule has 86 valence electrons. The van der Waals surface area contributed by atoms with Gasteiger partial charge in [-0.1, -0.05) is 0 Å². The predicted octanol–water partition coefficient (Wildman–Crippen LogP) is 0.962. The van der Waals surface area contributed by atoms with Crippen LogP contribution in [0.4, 0.5) is 0 Å². The molecule has 2 heterocycles. The van der Waals surface area contributed by atoms with E-state index in [2.05, 4.69) is 4.90 Å². The minimum absolute atomic E-state index is 0.220. The number of carbonyl (C=O) groups is 1. The van der Waals surface area contributed by atoms with Gasteiger partial charge in [-0.15, -0.1) is 0 Å². The Morgan fingerprint density at radius 2 is 2.27 bits per heavy atom. The Kier molecular flexibility index (Phi) is 3.59. The summed E-state index contributed by atoms with van der Waals surface area (Å²) in [5.41, 5.74) is 0. The van der Waals surface area contributed by atoms with Gasteiger partial charge in [0.05, 0.1) is 13.2 Å². The zero-order valence-corrected chi connectivity index (χ0v) is 9.02. The summed E-state index contributed by atoms with van der Waals surface area (Å²) in [6.45, 7) is 3.70. The summed E-state index contributed by atoms with van der Waals surface area (Å²) in [6, 6.07) is -0.220. The molecular weight excluding hydrogens is 194 g/mol. The summed E-state index contributed by atoms with van der Waals surface area (Å²) < 4.78 is 5.11. The summed E-state index contributed by atoms with van der Waals surface area (Å²) in [7, 11) is 0. The first-order chi connectivity index (χ1) is 7.27. The molecule has 0 aliphatic carbocycles. The quantitative estimate of drug-likeness (QED) is 0.739. The number of nitrogens with zero attached hydrogens (tertiary/aromatic N) is 1. The average Bonchev–Trinajstić information content (AvgIpc) is 2.57. The fourth-order valence-corrected chi connectivity index (χ4v) is 2.41. The van der Waals surface area contributed by atoms with Crippen LogP contribution < -0.4 is 0 Å². The highest BCUT2D eigenvalue weighted by molar-refractivity contribution is 5.73. The number of carboxylic acid groups (broad SMARTS) is 1.